The summed E-state index contributed by atoms with van der Waals surface area (Å²) in [5.41, 5.74) is 1.32. The lowest BCUT2D eigenvalue weighted by molar-refractivity contribution is 0.0947. The van der Waals surface area contributed by atoms with Crippen LogP contribution < -0.4 is 20.5 Å². The smallest absolute Gasteiger partial charge is 0.268 e. The van der Waals surface area contributed by atoms with Crippen molar-refractivity contribution in [3.8, 4) is 5.75 Å². The predicted octanol–water partition coefficient (Wildman–Crippen LogP) is 1.82. The number of anilines is 1. The van der Waals surface area contributed by atoms with Crippen molar-refractivity contribution in [1.82, 2.24) is 15.1 Å². The first-order chi connectivity index (χ1) is 12.9. The molecule has 144 valence electrons. The first kappa shape index (κ1) is 18.9. The van der Waals surface area contributed by atoms with Crippen molar-refractivity contribution in [2.75, 3.05) is 24.5 Å². The molecule has 2 heterocycles. The van der Waals surface area contributed by atoms with Crippen LogP contribution in [0.4, 0.5) is 5.69 Å². The van der Waals surface area contributed by atoms with Crippen molar-refractivity contribution in [2.24, 2.45) is 13.0 Å². The maximum atomic E-state index is 12.4. The van der Waals surface area contributed by atoms with Crippen molar-refractivity contribution in [3.05, 3.63) is 52.4 Å². The van der Waals surface area contributed by atoms with Gasteiger partial charge in [0.25, 0.3) is 11.5 Å². The molecule has 0 radical (unpaired) electrons. The lowest BCUT2D eigenvalue weighted by Crippen LogP contribution is -2.31. The molecule has 0 unspecified atom stereocenters. The number of carbonyl (C=O) groups is 1. The van der Waals surface area contributed by atoms with Crippen molar-refractivity contribution in [1.29, 1.82) is 0 Å². The van der Waals surface area contributed by atoms with E-state index in [1.165, 1.54) is 4.68 Å². The van der Waals surface area contributed by atoms with E-state index in [9.17, 15) is 9.59 Å². The summed E-state index contributed by atoms with van der Waals surface area (Å²) in [5.74, 6) is 0.939. The first-order valence-electron chi connectivity index (χ1n) is 9.25. The Kier molecular flexibility index (Phi) is 5.78. The lowest BCUT2D eigenvalue weighted by atomic mass is 10.1. The summed E-state index contributed by atoms with van der Waals surface area (Å²) < 4.78 is 6.96. The molecule has 0 saturated carbocycles. The molecule has 1 atom stereocenters. The number of rotatable bonds is 6. The average molecular weight is 370 g/mol. The van der Waals surface area contributed by atoms with Gasteiger partial charge in [0, 0.05) is 38.3 Å². The molecule has 1 aromatic carbocycles. The fraction of sp³-hybridized carbons (Fsp3) is 0.450. The zero-order chi connectivity index (χ0) is 19.4. The van der Waals surface area contributed by atoms with Gasteiger partial charge >= 0.3 is 0 Å². The zero-order valence-electron chi connectivity index (χ0n) is 16.0. The largest absolute Gasteiger partial charge is 0.491 e. The number of nitrogens with one attached hydrogen (secondary N) is 1. The summed E-state index contributed by atoms with van der Waals surface area (Å²) in [5, 5.41) is 7.08. The number of hydrogen-bond acceptors (Lipinski definition) is 5. The van der Waals surface area contributed by atoms with Gasteiger partial charge in [-0.05, 0) is 44.4 Å². The molecule has 7 nitrogen and oxygen atoms in total. The fourth-order valence-electron chi connectivity index (χ4n) is 3.19. The van der Waals surface area contributed by atoms with Crippen molar-refractivity contribution in [2.45, 2.75) is 26.4 Å². The number of amides is 1. The summed E-state index contributed by atoms with van der Waals surface area (Å²) >= 11 is 0. The monoisotopic (exact) mass is 370 g/mol. The number of hydrogen-bond donors (Lipinski definition) is 1. The van der Waals surface area contributed by atoms with Crippen molar-refractivity contribution in [3.63, 3.8) is 0 Å². The molecule has 0 spiro atoms. The van der Waals surface area contributed by atoms with E-state index in [4.69, 9.17) is 4.74 Å². The number of nitrogens with zero attached hydrogens (tertiary/aromatic N) is 3. The summed E-state index contributed by atoms with van der Waals surface area (Å²) in [6.07, 6.45) is 2.74. The van der Waals surface area contributed by atoms with Gasteiger partial charge in [0.05, 0.1) is 18.0 Å². The van der Waals surface area contributed by atoms with Crippen LogP contribution in [0.25, 0.3) is 0 Å². The van der Waals surface area contributed by atoms with Gasteiger partial charge in [-0.2, -0.15) is 5.10 Å². The number of benzene rings is 1. The molecule has 3 rings (SSSR count). The minimum Gasteiger partial charge on any atom is -0.491 e. The highest BCUT2D eigenvalue weighted by atomic mass is 16.5. The molecule has 7 heteroatoms. The van der Waals surface area contributed by atoms with Crippen LogP contribution in [0.2, 0.25) is 0 Å². The Morgan fingerprint density at radius 1 is 1.37 bits per heavy atom. The van der Waals surface area contributed by atoms with E-state index >= 15 is 0 Å². The van der Waals surface area contributed by atoms with Crippen LogP contribution in [0.15, 0.2) is 41.3 Å². The van der Waals surface area contributed by atoms with Crippen molar-refractivity contribution < 1.29 is 9.53 Å². The van der Waals surface area contributed by atoms with E-state index in [1.54, 1.807) is 31.4 Å². The molecular weight excluding hydrogens is 344 g/mol. The Morgan fingerprint density at radius 3 is 2.93 bits per heavy atom. The van der Waals surface area contributed by atoms with E-state index in [0.29, 0.717) is 23.8 Å². The second-order valence-corrected chi connectivity index (χ2v) is 7.18. The van der Waals surface area contributed by atoms with Gasteiger partial charge in [-0.3, -0.25) is 9.59 Å². The molecule has 0 aliphatic carbocycles. The summed E-state index contributed by atoms with van der Waals surface area (Å²) in [7, 11) is 1.63. The van der Waals surface area contributed by atoms with Crippen LogP contribution in [-0.4, -0.2) is 41.4 Å². The number of aromatic nitrogens is 2. The average Bonchev–Trinajstić information content (AvgIpc) is 3.10. The standard InChI is InChI=1S/C20H26N4O3/c1-14(2)27-18-6-4-5-16(9-18)20(26)21-11-15-7-8-24(13-15)17-10-19(25)23(3)22-12-17/h4-6,9-10,12,14-15H,7-8,11,13H2,1-3H3,(H,21,26)/t15-/m1/s1. The Labute approximate surface area is 158 Å². The van der Waals surface area contributed by atoms with Gasteiger partial charge in [-0.25, -0.2) is 4.68 Å². The molecular formula is C20H26N4O3. The summed E-state index contributed by atoms with van der Waals surface area (Å²) in [6.45, 7) is 6.16. The van der Waals surface area contributed by atoms with Gasteiger partial charge < -0.3 is 15.0 Å². The van der Waals surface area contributed by atoms with Crippen LogP contribution >= 0.6 is 0 Å². The second-order valence-electron chi connectivity index (χ2n) is 7.18. The SMILES string of the molecule is CC(C)Oc1cccc(C(=O)NC[C@H]2CCN(c3cnn(C)c(=O)c3)C2)c1. The minimum atomic E-state index is -0.118. The minimum absolute atomic E-state index is 0.0667. The molecule has 1 saturated heterocycles. The molecule has 1 aliphatic rings. The normalized spacial score (nSPS) is 16.6. The topological polar surface area (TPSA) is 76.5 Å². The first-order valence-corrected chi connectivity index (χ1v) is 9.25. The fourth-order valence-corrected chi connectivity index (χ4v) is 3.19. The van der Waals surface area contributed by atoms with Crippen LogP contribution in [0.5, 0.6) is 5.75 Å². The van der Waals surface area contributed by atoms with Crippen LogP contribution in [0, 0.1) is 5.92 Å². The molecule has 1 aliphatic heterocycles. The van der Waals surface area contributed by atoms with Crippen LogP contribution in [0.1, 0.15) is 30.6 Å². The Balaban J connectivity index is 1.54. The summed E-state index contributed by atoms with van der Waals surface area (Å²) in [4.78, 5) is 26.3. The molecule has 0 bridgehead atoms. The highest BCUT2D eigenvalue weighted by Gasteiger charge is 2.24. The van der Waals surface area contributed by atoms with E-state index in [0.717, 1.165) is 25.2 Å². The van der Waals surface area contributed by atoms with Gasteiger partial charge in [-0.1, -0.05) is 6.07 Å². The van der Waals surface area contributed by atoms with Crippen LogP contribution in [-0.2, 0) is 7.05 Å². The molecule has 1 amide bonds. The molecule has 1 N–H and O–H groups in total. The van der Waals surface area contributed by atoms with Gasteiger partial charge in [0.15, 0.2) is 0 Å². The van der Waals surface area contributed by atoms with E-state index in [1.807, 2.05) is 26.0 Å². The molecule has 27 heavy (non-hydrogen) atoms. The summed E-state index contributed by atoms with van der Waals surface area (Å²) in [6, 6.07) is 8.83. The van der Waals surface area contributed by atoms with E-state index < -0.39 is 0 Å². The van der Waals surface area contributed by atoms with Gasteiger partial charge in [-0.15, -0.1) is 0 Å². The lowest BCUT2D eigenvalue weighted by Gasteiger charge is -2.18. The number of aryl methyl sites for hydroxylation is 1. The van der Waals surface area contributed by atoms with Crippen molar-refractivity contribution >= 4 is 11.6 Å². The van der Waals surface area contributed by atoms with E-state index in [2.05, 4.69) is 15.3 Å². The predicted molar refractivity (Wildman–Crippen MR) is 104 cm³/mol. The van der Waals surface area contributed by atoms with Gasteiger partial charge in [0.2, 0.25) is 0 Å². The highest BCUT2D eigenvalue weighted by Crippen LogP contribution is 2.22. The third kappa shape index (κ3) is 4.87. The highest BCUT2D eigenvalue weighted by molar-refractivity contribution is 5.94. The Hall–Kier alpha value is -2.83. The Bertz CT molecular complexity index is 862. The number of carbonyl (C=O) groups excluding carboxylic acids is 1. The zero-order valence-corrected chi connectivity index (χ0v) is 16.0. The molecule has 2 aromatic rings. The van der Waals surface area contributed by atoms with Crippen LogP contribution in [0.3, 0.4) is 0 Å². The third-order valence-electron chi connectivity index (χ3n) is 4.62. The van der Waals surface area contributed by atoms with E-state index in [-0.39, 0.29) is 17.6 Å². The third-order valence-corrected chi connectivity index (χ3v) is 4.62. The van der Waals surface area contributed by atoms with Gasteiger partial charge in [0.1, 0.15) is 5.75 Å². The maximum absolute atomic E-state index is 12.4. The molecule has 1 fully saturated rings. The quantitative estimate of drug-likeness (QED) is 0.839. The Morgan fingerprint density at radius 2 is 2.19 bits per heavy atom. The second kappa shape index (κ2) is 8.24. The molecule has 1 aromatic heterocycles. The maximum Gasteiger partial charge on any atom is 0.268 e. The number of ether oxygens (including phenoxy) is 1.